The van der Waals surface area contributed by atoms with Gasteiger partial charge in [0.25, 0.3) is 0 Å². The average Bonchev–Trinajstić information content (AvgIpc) is 2.73. The van der Waals surface area contributed by atoms with Crippen LogP contribution in [0.3, 0.4) is 0 Å². The normalized spacial score (nSPS) is 11.8. The molecule has 0 bridgehead atoms. The fraction of sp³-hybridized carbons (Fsp3) is 0.227. The SMILES string of the molecule is O=C(NCCc1cccnc1)C(NCCc1cccnc1)c1ccc(Cl)cc1Cl. The van der Waals surface area contributed by atoms with Crippen LogP contribution in [-0.2, 0) is 17.6 Å². The topological polar surface area (TPSA) is 66.9 Å². The van der Waals surface area contributed by atoms with Gasteiger partial charge in [0.05, 0.1) is 0 Å². The van der Waals surface area contributed by atoms with E-state index in [2.05, 4.69) is 20.6 Å². The van der Waals surface area contributed by atoms with Crippen LogP contribution in [0.2, 0.25) is 10.0 Å². The van der Waals surface area contributed by atoms with E-state index in [1.165, 1.54) is 0 Å². The van der Waals surface area contributed by atoms with Gasteiger partial charge in [-0.2, -0.15) is 0 Å². The highest BCUT2D eigenvalue weighted by atomic mass is 35.5. The van der Waals surface area contributed by atoms with Gasteiger partial charge in [0.1, 0.15) is 6.04 Å². The number of amides is 1. The number of nitrogens with one attached hydrogen (secondary N) is 2. The molecule has 1 amide bonds. The number of pyridine rings is 2. The molecule has 2 N–H and O–H groups in total. The smallest absolute Gasteiger partial charge is 0.241 e. The Labute approximate surface area is 180 Å². The summed E-state index contributed by atoms with van der Waals surface area (Å²) in [6, 6.07) is 12.4. The van der Waals surface area contributed by atoms with E-state index < -0.39 is 6.04 Å². The lowest BCUT2D eigenvalue weighted by molar-refractivity contribution is -0.123. The Balaban J connectivity index is 1.65. The van der Waals surface area contributed by atoms with Gasteiger partial charge in [0, 0.05) is 47.9 Å². The molecule has 0 radical (unpaired) electrons. The summed E-state index contributed by atoms with van der Waals surface area (Å²) in [5.74, 6) is -0.135. The molecule has 0 saturated heterocycles. The fourth-order valence-electron chi connectivity index (χ4n) is 2.96. The number of rotatable bonds is 9. The zero-order valence-electron chi connectivity index (χ0n) is 15.8. The van der Waals surface area contributed by atoms with Crippen molar-refractivity contribution in [3.63, 3.8) is 0 Å². The quantitative estimate of drug-likeness (QED) is 0.539. The predicted molar refractivity (Wildman–Crippen MR) is 116 cm³/mol. The van der Waals surface area contributed by atoms with E-state index in [-0.39, 0.29) is 5.91 Å². The molecule has 1 atom stereocenters. The van der Waals surface area contributed by atoms with Gasteiger partial charge in [-0.25, -0.2) is 0 Å². The first-order valence-corrected chi connectivity index (χ1v) is 10.1. The maximum atomic E-state index is 12.9. The molecule has 0 saturated carbocycles. The first kappa shape index (κ1) is 21.2. The molecule has 0 aliphatic rings. The summed E-state index contributed by atoms with van der Waals surface area (Å²) >= 11 is 12.4. The molecule has 0 spiro atoms. The third-order valence-corrected chi connectivity index (χ3v) is 5.02. The highest BCUT2D eigenvalue weighted by molar-refractivity contribution is 6.35. The Kier molecular flexibility index (Phi) is 7.99. The predicted octanol–water partition coefficient (Wildman–Crippen LogP) is 4.02. The molecule has 3 aromatic rings. The van der Waals surface area contributed by atoms with Crippen molar-refractivity contribution in [2.45, 2.75) is 18.9 Å². The van der Waals surface area contributed by atoms with E-state index in [9.17, 15) is 4.79 Å². The third kappa shape index (κ3) is 6.53. The number of hydrogen-bond donors (Lipinski definition) is 2. The standard InChI is InChI=1S/C22H22Cl2N4O/c23-18-5-6-19(20(24)13-18)21(27-11-7-16-3-1-9-25-14-16)22(29)28-12-8-17-4-2-10-26-15-17/h1-6,9-10,13-15,21,27H,7-8,11-12H2,(H,28,29). The maximum absolute atomic E-state index is 12.9. The molecule has 7 heteroatoms. The molecule has 1 unspecified atom stereocenters. The zero-order valence-corrected chi connectivity index (χ0v) is 17.3. The van der Waals surface area contributed by atoms with Gasteiger partial charge in [-0.05, 0) is 53.8 Å². The van der Waals surface area contributed by atoms with E-state index in [1.807, 2.05) is 30.5 Å². The highest BCUT2D eigenvalue weighted by Crippen LogP contribution is 2.26. The van der Waals surface area contributed by atoms with E-state index in [1.54, 1.807) is 36.8 Å². The Morgan fingerprint density at radius 3 is 2.17 bits per heavy atom. The molecule has 29 heavy (non-hydrogen) atoms. The molecular weight excluding hydrogens is 407 g/mol. The number of aromatic nitrogens is 2. The van der Waals surface area contributed by atoms with Gasteiger partial charge in [0.15, 0.2) is 0 Å². The van der Waals surface area contributed by atoms with Crippen molar-refractivity contribution in [3.05, 3.63) is 94.0 Å². The third-order valence-electron chi connectivity index (χ3n) is 4.46. The lowest BCUT2D eigenvalue weighted by atomic mass is 10.1. The minimum Gasteiger partial charge on any atom is -0.354 e. The van der Waals surface area contributed by atoms with Gasteiger partial charge in [-0.15, -0.1) is 0 Å². The van der Waals surface area contributed by atoms with Crippen LogP contribution in [-0.4, -0.2) is 29.0 Å². The largest absolute Gasteiger partial charge is 0.354 e. The van der Waals surface area contributed by atoms with Gasteiger partial charge in [0.2, 0.25) is 5.91 Å². The van der Waals surface area contributed by atoms with Crippen LogP contribution in [0.25, 0.3) is 0 Å². The number of benzene rings is 1. The van der Waals surface area contributed by atoms with Gasteiger partial charge < -0.3 is 10.6 Å². The average molecular weight is 429 g/mol. The number of carbonyl (C=O) groups is 1. The Bertz CT molecular complexity index is 923. The fourth-order valence-corrected chi connectivity index (χ4v) is 3.48. The van der Waals surface area contributed by atoms with Crippen molar-refractivity contribution >= 4 is 29.1 Å². The zero-order chi connectivity index (χ0) is 20.5. The molecular formula is C22H22Cl2N4O. The van der Waals surface area contributed by atoms with Crippen LogP contribution < -0.4 is 10.6 Å². The van der Waals surface area contributed by atoms with Crippen molar-refractivity contribution in [3.8, 4) is 0 Å². The van der Waals surface area contributed by atoms with Crippen molar-refractivity contribution in [1.29, 1.82) is 0 Å². The molecule has 0 fully saturated rings. The molecule has 0 aliphatic heterocycles. The van der Waals surface area contributed by atoms with Crippen LogP contribution in [0, 0.1) is 0 Å². The molecule has 2 aromatic heterocycles. The molecule has 5 nitrogen and oxygen atoms in total. The highest BCUT2D eigenvalue weighted by Gasteiger charge is 2.22. The molecule has 3 rings (SSSR count). The number of carbonyl (C=O) groups excluding carboxylic acids is 1. The number of halogens is 2. The molecule has 1 aromatic carbocycles. The van der Waals surface area contributed by atoms with Crippen LogP contribution in [0.15, 0.2) is 67.3 Å². The van der Waals surface area contributed by atoms with E-state index in [0.29, 0.717) is 35.1 Å². The summed E-state index contributed by atoms with van der Waals surface area (Å²) in [5, 5.41) is 7.29. The summed E-state index contributed by atoms with van der Waals surface area (Å²) in [6.45, 7) is 1.11. The van der Waals surface area contributed by atoms with Crippen LogP contribution in [0.4, 0.5) is 0 Å². The van der Waals surface area contributed by atoms with Crippen molar-refractivity contribution in [2.75, 3.05) is 13.1 Å². The minimum atomic E-state index is -0.578. The van der Waals surface area contributed by atoms with Gasteiger partial charge in [-0.3, -0.25) is 14.8 Å². The Hall–Kier alpha value is -2.47. The van der Waals surface area contributed by atoms with Crippen LogP contribution in [0.1, 0.15) is 22.7 Å². The maximum Gasteiger partial charge on any atom is 0.241 e. The van der Waals surface area contributed by atoms with Crippen LogP contribution >= 0.6 is 23.2 Å². The van der Waals surface area contributed by atoms with Crippen molar-refractivity contribution in [1.82, 2.24) is 20.6 Å². The first-order valence-electron chi connectivity index (χ1n) is 9.37. The van der Waals surface area contributed by atoms with Gasteiger partial charge in [-0.1, -0.05) is 41.4 Å². The number of nitrogens with zero attached hydrogens (tertiary/aromatic N) is 2. The summed E-state index contributed by atoms with van der Waals surface area (Å²) in [5.41, 5.74) is 2.86. The lowest BCUT2D eigenvalue weighted by Crippen LogP contribution is -2.39. The van der Waals surface area contributed by atoms with Crippen molar-refractivity contribution < 1.29 is 4.79 Å². The summed E-state index contributed by atoms with van der Waals surface area (Å²) < 4.78 is 0. The Morgan fingerprint density at radius 1 is 0.931 bits per heavy atom. The summed E-state index contributed by atoms with van der Waals surface area (Å²) in [4.78, 5) is 21.1. The monoisotopic (exact) mass is 428 g/mol. The molecule has 2 heterocycles. The minimum absolute atomic E-state index is 0.135. The second-order valence-corrected chi connectivity index (χ2v) is 7.41. The molecule has 0 aliphatic carbocycles. The summed E-state index contributed by atoms with van der Waals surface area (Å²) in [7, 11) is 0. The number of hydrogen-bond acceptors (Lipinski definition) is 4. The second-order valence-electron chi connectivity index (χ2n) is 6.57. The Morgan fingerprint density at radius 2 is 1.59 bits per heavy atom. The molecule has 150 valence electrons. The van der Waals surface area contributed by atoms with Crippen LogP contribution in [0.5, 0.6) is 0 Å². The van der Waals surface area contributed by atoms with Gasteiger partial charge >= 0.3 is 0 Å². The first-order chi connectivity index (χ1) is 14.1. The van der Waals surface area contributed by atoms with E-state index in [0.717, 1.165) is 17.5 Å². The van der Waals surface area contributed by atoms with E-state index in [4.69, 9.17) is 23.2 Å². The second kappa shape index (κ2) is 10.9. The lowest BCUT2D eigenvalue weighted by Gasteiger charge is -2.20. The van der Waals surface area contributed by atoms with Crippen molar-refractivity contribution in [2.24, 2.45) is 0 Å². The summed E-state index contributed by atoms with van der Waals surface area (Å²) in [6.07, 6.45) is 8.54. The van der Waals surface area contributed by atoms with E-state index >= 15 is 0 Å².